The van der Waals surface area contributed by atoms with E-state index in [1.807, 2.05) is 0 Å². The summed E-state index contributed by atoms with van der Waals surface area (Å²) in [6, 6.07) is 0. The van der Waals surface area contributed by atoms with Crippen LogP contribution in [0.1, 0.15) is 44.9 Å². The molecule has 0 unspecified atom stereocenters. The van der Waals surface area contributed by atoms with Gasteiger partial charge in [-0.1, -0.05) is 19.3 Å². The maximum atomic E-state index is 11.3. The van der Waals surface area contributed by atoms with E-state index >= 15 is 0 Å². The van der Waals surface area contributed by atoms with Crippen LogP contribution in [0.4, 0.5) is 0 Å². The molecular weight excluding hydrogens is 212 g/mol. The van der Waals surface area contributed by atoms with E-state index in [0.717, 1.165) is 32.1 Å². The molecule has 5 heteroatoms. The molecule has 5 nitrogen and oxygen atoms in total. The molecule has 0 radical (unpaired) electrons. The third-order valence-corrected chi connectivity index (χ3v) is 3.28. The van der Waals surface area contributed by atoms with Crippen molar-refractivity contribution in [2.45, 2.75) is 44.9 Å². The number of carbonyl (C=O) groups is 2. The van der Waals surface area contributed by atoms with Crippen molar-refractivity contribution in [1.82, 2.24) is 0 Å². The lowest BCUT2D eigenvalue weighted by atomic mass is 9.70. The summed E-state index contributed by atoms with van der Waals surface area (Å²) in [6.45, 7) is 0. The van der Waals surface area contributed by atoms with Crippen molar-refractivity contribution in [3.8, 4) is 0 Å². The maximum absolute atomic E-state index is 11.3. The van der Waals surface area contributed by atoms with E-state index in [-0.39, 0.29) is 24.2 Å². The summed E-state index contributed by atoms with van der Waals surface area (Å²) in [4.78, 5) is 26.2. The van der Waals surface area contributed by atoms with Gasteiger partial charge in [0.1, 0.15) is 0 Å². The van der Waals surface area contributed by atoms with Crippen LogP contribution < -0.4 is 0 Å². The van der Waals surface area contributed by atoms with E-state index in [2.05, 4.69) is 9.62 Å². The van der Waals surface area contributed by atoms with Gasteiger partial charge in [0.15, 0.2) is 0 Å². The zero-order chi connectivity index (χ0) is 12.0. The molecule has 0 aromatic rings. The zero-order valence-corrected chi connectivity index (χ0v) is 9.53. The van der Waals surface area contributed by atoms with Crippen molar-refractivity contribution in [3.63, 3.8) is 0 Å². The molecular formula is C11H18O5. The molecule has 1 aliphatic carbocycles. The molecule has 0 aromatic heterocycles. The summed E-state index contributed by atoms with van der Waals surface area (Å²) in [6.07, 6.45) is 5.02. The monoisotopic (exact) mass is 230 g/mol. The van der Waals surface area contributed by atoms with Crippen molar-refractivity contribution in [2.24, 2.45) is 5.41 Å². The quantitative estimate of drug-likeness (QED) is 0.453. The van der Waals surface area contributed by atoms with Gasteiger partial charge in [0.05, 0.1) is 20.0 Å². The predicted octanol–water partition coefficient (Wildman–Crippen LogP) is 1.91. The normalized spacial score (nSPS) is 18.9. The largest absolute Gasteiger partial charge is 0.469 e. The van der Waals surface area contributed by atoms with Crippen LogP contribution in [0.2, 0.25) is 0 Å². The van der Waals surface area contributed by atoms with Crippen molar-refractivity contribution < 1.29 is 24.5 Å². The summed E-state index contributed by atoms with van der Waals surface area (Å²) in [5.41, 5.74) is -0.384. The maximum Gasteiger partial charge on any atom is 0.342 e. The summed E-state index contributed by atoms with van der Waals surface area (Å²) in [5, 5.41) is 8.31. The number of rotatable bonds is 4. The molecule has 0 aromatic carbocycles. The molecule has 1 rings (SSSR count). The Morgan fingerprint density at radius 1 is 1.12 bits per heavy atom. The Bertz CT molecular complexity index is 235. The summed E-state index contributed by atoms with van der Waals surface area (Å²) < 4.78 is 4.64. The van der Waals surface area contributed by atoms with Gasteiger partial charge in [0, 0.05) is 0 Å². The lowest BCUT2D eigenvalue weighted by molar-refractivity contribution is -0.237. The van der Waals surface area contributed by atoms with E-state index in [1.165, 1.54) is 7.11 Å². The second-order valence-electron chi connectivity index (χ2n) is 4.45. The highest BCUT2D eigenvalue weighted by Crippen LogP contribution is 2.42. The minimum absolute atomic E-state index is 0.0819. The summed E-state index contributed by atoms with van der Waals surface area (Å²) in [5.74, 6) is -0.988. The second-order valence-corrected chi connectivity index (χ2v) is 4.45. The molecule has 0 spiro atoms. The third-order valence-electron chi connectivity index (χ3n) is 3.28. The fourth-order valence-electron chi connectivity index (χ4n) is 2.43. The Morgan fingerprint density at radius 2 is 1.69 bits per heavy atom. The summed E-state index contributed by atoms with van der Waals surface area (Å²) >= 11 is 0. The Labute approximate surface area is 94.7 Å². The van der Waals surface area contributed by atoms with Crippen LogP contribution in [0, 0.1) is 5.41 Å². The first-order chi connectivity index (χ1) is 7.62. The van der Waals surface area contributed by atoms with E-state index in [4.69, 9.17) is 5.26 Å². The SMILES string of the molecule is COC(=O)CC1(CC(=O)OO)CCCCC1. The number of carbonyl (C=O) groups excluding carboxylic acids is 2. The number of ether oxygens (including phenoxy) is 1. The number of methoxy groups -OCH3 is 1. The highest BCUT2D eigenvalue weighted by Gasteiger charge is 2.37. The van der Waals surface area contributed by atoms with Gasteiger partial charge in [-0.15, -0.1) is 0 Å². The molecule has 0 bridgehead atoms. The molecule has 0 amide bonds. The van der Waals surface area contributed by atoms with Crippen molar-refractivity contribution >= 4 is 11.9 Å². The molecule has 0 aliphatic heterocycles. The fraction of sp³-hybridized carbons (Fsp3) is 0.818. The van der Waals surface area contributed by atoms with Crippen LogP contribution >= 0.6 is 0 Å². The summed E-state index contributed by atoms with van der Waals surface area (Å²) in [7, 11) is 1.34. The van der Waals surface area contributed by atoms with Crippen molar-refractivity contribution in [3.05, 3.63) is 0 Å². The lowest BCUT2D eigenvalue weighted by Crippen LogP contribution is -2.31. The molecule has 0 heterocycles. The molecule has 16 heavy (non-hydrogen) atoms. The average Bonchev–Trinajstić information content (AvgIpc) is 2.29. The van der Waals surface area contributed by atoms with Gasteiger partial charge in [-0.2, -0.15) is 5.26 Å². The molecule has 0 saturated heterocycles. The average molecular weight is 230 g/mol. The second kappa shape index (κ2) is 5.84. The predicted molar refractivity (Wildman–Crippen MR) is 55.5 cm³/mol. The van der Waals surface area contributed by atoms with Crippen LogP contribution in [0.5, 0.6) is 0 Å². The van der Waals surface area contributed by atoms with Gasteiger partial charge < -0.3 is 9.62 Å². The topological polar surface area (TPSA) is 72.8 Å². The molecule has 1 fully saturated rings. The van der Waals surface area contributed by atoms with Crippen LogP contribution in [0.3, 0.4) is 0 Å². The Hall–Kier alpha value is -1.10. The standard InChI is InChI=1S/C11H18O5/c1-15-9(12)7-11(8-10(13)16-14)5-3-2-4-6-11/h14H,2-8H2,1H3. The minimum Gasteiger partial charge on any atom is -0.469 e. The first-order valence-electron chi connectivity index (χ1n) is 5.53. The van der Waals surface area contributed by atoms with Crippen LogP contribution in [0.25, 0.3) is 0 Å². The van der Waals surface area contributed by atoms with E-state index in [1.54, 1.807) is 0 Å². The van der Waals surface area contributed by atoms with Crippen LogP contribution in [-0.2, 0) is 19.2 Å². The van der Waals surface area contributed by atoms with Crippen LogP contribution in [-0.4, -0.2) is 24.3 Å². The van der Waals surface area contributed by atoms with Gasteiger partial charge >= 0.3 is 11.9 Å². The van der Waals surface area contributed by atoms with Gasteiger partial charge in [0.2, 0.25) is 0 Å². The molecule has 1 N–H and O–H groups in total. The smallest absolute Gasteiger partial charge is 0.342 e. The highest BCUT2D eigenvalue weighted by molar-refractivity contribution is 5.73. The third kappa shape index (κ3) is 3.48. The van der Waals surface area contributed by atoms with E-state index < -0.39 is 5.97 Å². The van der Waals surface area contributed by atoms with Gasteiger partial charge in [-0.05, 0) is 18.3 Å². The highest BCUT2D eigenvalue weighted by atomic mass is 17.1. The minimum atomic E-state index is -0.675. The zero-order valence-electron chi connectivity index (χ0n) is 9.53. The molecule has 0 atom stereocenters. The first kappa shape index (κ1) is 13.0. The lowest BCUT2D eigenvalue weighted by Gasteiger charge is -2.35. The molecule has 92 valence electrons. The Kier molecular flexibility index (Phi) is 4.73. The fourth-order valence-corrected chi connectivity index (χ4v) is 2.43. The molecule has 1 saturated carbocycles. The van der Waals surface area contributed by atoms with E-state index in [9.17, 15) is 9.59 Å². The number of esters is 1. The number of hydrogen-bond donors (Lipinski definition) is 1. The van der Waals surface area contributed by atoms with Gasteiger partial charge in [-0.3, -0.25) is 4.79 Å². The van der Waals surface area contributed by atoms with Crippen LogP contribution in [0.15, 0.2) is 0 Å². The number of hydrogen-bond acceptors (Lipinski definition) is 5. The van der Waals surface area contributed by atoms with Gasteiger partial charge in [-0.25, -0.2) is 4.79 Å². The van der Waals surface area contributed by atoms with Gasteiger partial charge in [0.25, 0.3) is 0 Å². The van der Waals surface area contributed by atoms with Crippen molar-refractivity contribution in [2.75, 3.05) is 7.11 Å². The van der Waals surface area contributed by atoms with Crippen molar-refractivity contribution in [1.29, 1.82) is 0 Å². The molecule has 1 aliphatic rings. The first-order valence-corrected chi connectivity index (χ1v) is 5.53. The Balaban J connectivity index is 2.66. The van der Waals surface area contributed by atoms with E-state index in [0.29, 0.717) is 0 Å². The Morgan fingerprint density at radius 3 is 2.19 bits per heavy atom.